The molecule has 0 aliphatic rings. The Kier molecular flexibility index (Phi) is 4.72. The fourth-order valence-electron chi connectivity index (χ4n) is 3.08. The number of fused-ring (bicyclic) bond motifs is 1. The first-order valence-electron chi connectivity index (χ1n) is 8.29. The largest absolute Gasteiger partial charge is 0.336 e. The van der Waals surface area contributed by atoms with Crippen LogP contribution < -0.4 is 11.2 Å². The molecule has 4 rings (SSSR count). The van der Waals surface area contributed by atoms with Gasteiger partial charge in [-0.3, -0.25) is 9.36 Å². The second-order valence-electron chi connectivity index (χ2n) is 6.13. The lowest BCUT2D eigenvalue weighted by molar-refractivity contribution is 0.714. The first kappa shape index (κ1) is 17.8. The lowest BCUT2D eigenvalue weighted by atomic mass is 10.2. The van der Waals surface area contributed by atoms with Gasteiger partial charge < -0.3 is 0 Å². The van der Waals surface area contributed by atoms with E-state index in [4.69, 9.17) is 11.6 Å². The Hall–Kier alpha value is -2.63. The van der Waals surface area contributed by atoms with Crippen LogP contribution in [0.2, 0.25) is 5.02 Å². The van der Waals surface area contributed by atoms with E-state index in [9.17, 15) is 9.59 Å². The molecule has 0 atom stereocenters. The molecule has 134 valence electrons. The van der Waals surface area contributed by atoms with Crippen LogP contribution in [0.5, 0.6) is 0 Å². The highest BCUT2D eigenvalue weighted by molar-refractivity contribution is 9.10. The number of hydrogen-bond donors (Lipinski definition) is 0. The van der Waals surface area contributed by atoms with Crippen molar-refractivity contribution in [2.75, 3.05) is 0 Å². The van der Waals surface area contributed by atoms with Gasteiger partial charge in [-0.2, -0.15) is 0 Å². The summed E-state index contributed by atoms with van der Waals surface area (Å²) >= 11 is 9.37. The fraction of sp³-hybridized carbons (Fsp3) is 0.0476. The third kappa shape index (κ3) is 3.36. The molecule has 1 aromatic heterocycles. The Balaban J connectivity index is 2.05. The number of aromatic nitrogens is 2. The molecular weight excluding hydrogens is 428 g/mol. The molecule has 0 spiro atoms. The van der Waals surface area contributed by atoms with Crippen molar-refractivity contribution in [1.29, 1.82) is 0 Å². The molecule has 1 heterocycles. The summed E-state index contributed by atoms with van der Waals surface area (Å²) in [6, 6.07) is 21.7. The molecule has 4 nitrogen and oxygen atoms in total. The molecule has 4 aromatic rings. The van der Waals surface area contributed by atoms with Gasteiger partial charge in [-0.05, 0) is 48.0 Å². The number of benzene rings is 3. The number of rotatable bonds is 3. The van der Waals surface area contributed by atoms with E-state index in [2.05, 4.69) is 15.9 Å². The van der Waals surface area contributed by atoms with Gasteiger partial charge in [-0.25, -0.2) is 9.36 Å². The highest BCUT2D eigenvalue weighted by Gasteiger charge is 2.15. The smallest absolute Gasteiger partial charge is 0.288 e. The van der Waals surface area contributed by atoms with E-state index >= 15 is 0 Å². The van der Waals surface area contributed by atoms with E-state index < -0.39 is 0 Å². The van der Waals surface area contributed by atoms with Crippen molar-refractivity contribution >= 4 is 38.4 Å². The zero-order valence-electron chi connectivity index (χ0n) is 14.1. The summed E-state index contributed by atoms with van der Waals surface area (Å²) in [5.41, 5.74) is 1.31. The van der Waals surface area contributed by atoms with Crippen molar-refractivity contribution in [2.45, 2.75) is 6.54 Å². The number of nitrogens with zero attached hydrogens (tertiary/aromatic N) is 2. The molecule has 0 saturated carbocycles. The molecule has 3 aromatic carbocycles. The van der Waals surface area contributed by atoms with Crippen molar-refractivity contribution in [2.24, 2.45) is 0 Å². The molecule has 0 aliphatic carbocycles. The molecular formula is C21H14BrClN2O2. The zero-order valence-corrected chi connectivity index (χ0v) is 16.4. The van der Waals surface area contributed by atoms with Crippen LogP contribution in [0.3, 0.4) is 0 Å². The predicted molar refractivity (Wildman–Crippen MR) is 112 cm³/mol. The van der Waals surface area contributed by atoms with Crippen LogP contribution in [0.15, 0.2) is 86.9 Å². The second-order valence-corrected chi connectivity index (χ2v) is 7.48. The van der Waals surface area contributed by atoms with Crippen molar-refractivity contribution < 1.29 is 0 Å². The summed E-state index contributed by atoms with van der Waals surface area (Å²) in [7, 11) is 0. The van der Waals surface area contributed by atoms with Gasteiger partial charge in [0.05, 0.1) is 23.1 Å². The van der Waals surface area contributed by atoms with E-state index in [0.717, 1.165) is 10.0 Å². The Labute approximate surface area is 168 Å². The zero-order chi connectivity index (χ0) is 19.0. The highest BCUT2D eigenvalue weighted by Crippen LogP contribution is 2.18. The molecule has 0 radical (unpaired) electrons. The minimum Gasteiger partial charge on any atom is -0.288 e. The van der Waals surface area contributed by atoms with Crippen molar-refractivity contribution in [3.63, 3.8) is 0 Å². The lowest BCUT2D eigenvalue weighted by Crippen LogP contribution is -2.39. The SMILES string of the molecule is O=c1c2cc(Br)ccc2n(Cc2ccccc2)c(=O)n1-c1ccc(Cl)cc1. The summed E-state index contributed by atoms with van der Waals surface area (Å²) in [6.07, 6.45) is 0. The molecule has 0 fully saturated rings. The van der Waals surface area contributed by atoms with Gasteiger partial charge in [0.15, 0.2) is 0 Å². The number of halogens is 2. The molecule has 6 heteroatoms. The summed E-state index contributed by atoms with van der Waals surface area (Å²) < 4.78 is 3.58. The van der Waals surface area contributed by atoms with Gasteiger partial charge in [0.1, 0.15) is 0 Å². The highest BCUT2D eigenvalue weighted by atomic mass is 79.9. The van der Waals surface area contributed by atoms with E-state index in [1.165, 1.54) is 4.57 Å². The van der Waals surface area contributed by atoms with Crippen LogP contribution in [0.25, 0.3) is 16.6 Å². The molecule has 0 amide bonds. The van der Waals surface area contributed by atoms with Crippen molar-refractivity contribution in [3.05, 3.63) is 109 Å². The topological polar surface area (TPSA) is 44.0 Å². The minimum atomic E-state index is -0.388. The van der Waals surface area contributed by atoms with Gasteiger partial charge in [0, 0.05) is 9.50 Å². The van der Waals surface area contributed by atoms with Crippen LogP contribution in [-0.2, 0) is 6.54 Å². The Morgan fingerprint density at radius 3 is 2.30 bits per heavy atom. The first-order chi connectivity index (χ1) is 13.0. The molecule has 0 aliphatic heterocycles. The minimum absolute atomic E-state index is 0.358. The first-order valence-corrected chi connectivity index (χ1v) is 9.47. The Bertz CT molecular complexity index is 1250. The normalized spacial score (nSPS) is 11.0. The molecule has 27 heavy (non-hydrogen) atoms. The standard InChI is InChI=1S/C21H14BrClN2O2/c22-15-6-11-19-18(12-15)20(26)25(17-9-7-16(23)8-10-17)21(27)24(19)13-14-4-2-1-3-5-14/h1-12H,13H2. The maximum absolute atomic E-state index is 13.3. The third-order valence-electron chi connectivity index (χ3n) is 4.37. The van der Waals surface area contributed by atoms with Gasteiger partial charge in [-0.15, -0.1) is 0 Å². The average Bonchev–Trinajstić information content (AvgIpc) is 2.68. The molecule has 0 N–H and O–H groups in total. The van der Waals surface area contributed by atoms with Crippen LogP contribution in [-0.4, -0.2) is 9.13 Å². The second kappa shape index (κ2) is 7.18. The molecule has 0 bridgehead atoms. The van der Waals surface area contributed by atoms with Crippen LogP contribution >= 0.6 is 27.5 Å². The van der Waals surface area contributed by atoms with E-state index in [-0.39, 0.29) is 11.2 Å². The fourth-order valence-corrected chi connectivity index (χ4v) is 3.57. The third-order valence-corrected chi connectivity index (χ3v) is 5.12. The summed E-state index contributed by atoms with van der Waals surface area (Å²) in [4.78, 5) is 26.3. The quantitative estimate of drug-likeness (QED) is 0.466. The summed E-state index contributed by atoms with van der Waals surface area (Å²) in [5, 5.41) is 1.01. The van der Waals surface area contributed by atoms with Crippen LogP contribution in [0.4, 0.5) is 0 Å². The van der Waals surface area contributed by atoms with Crippen LogP contribution in [0, 0.1) is 0 Å². The van der Waals surface area contributed by atoms with Gasteiger partial charge in [-0.1, -0.05) is 57.9 Å². The maximum Gasteiger partial charge on any atom is 0.336 e. The Morgan fingerprint density at radius 2 is 1.59 bits per heavy atom. The maximum atomic E-state index is 13.3. The summed E-state index contributed by atoms with van der Waals surface area (Å²) in [6.45, 7) is 0.367. The van der Waals surface area contributed by atoms with Crippen LogP contribution in [0.1, 0.15) is 5.56 Å². The van der Waals surface area contributed by atoms with Gasteiger partial charge in [0.25, 0.3) is 5.56 Å². The van der Waals surface area contributed by atoms with Gasteiger partial charge in [0.2, 0.25) is 0 Å². The van der Waals surface area contributed by atoms with Crippen molar-refractivity contribution in [1.82, 2.24) is 9.13 Å². The van der Waals surface area contributed by atoms with E-state index in [1.807, 2.05) is 36.4 Å². The lowest BCUT2D eigenvalue weighted by Gasteiger charge is -2.14. The van der Waals surface area contributed by atoms with Crippen molar-refractivity contribution in [3.8, 4) is 5.69 Å². The summed E-state index contributed by atoms with van der Waals surface area (Å²) in [5.74, 6) is 0. The monoisotopic (exact) mass is 440 g/mol. The molecule has 0 saturated heterocycles. The average molecular weight is 442 g/mol. The van der Waals surface area contributed by atoms with Gasteiger partial charge >= 0.3 is 5.69 Å². The van der Waals surface area contributed by atoms with E-state index in [1.54, 1.807) is 41.0 Å². The van der Waals surface area contributed by atoms with E-state index in [0.29, 0.717) is 28.2 Å². The Morgan fingerprint density at radius 1 is 0.889 bits per heavy atom. The number of hydrogen-bond acceptors (Lipinski definition) is 2. The predicted octanol–water partition coefficient (Wildman–Crippen LogP) is 4.62. The molecule has 0 unspecified atom stereocenters.